The maximum Gasteiger partial charge on any atom is 0.251 e. The lowest BCUT2D eigenvalue weighted by molar-refractivity contribution is 0.0118. The van der Waals surface area contributed by atoms with Gasteiger partial charge in [0.2, 0.25) is 0 Å². The summed E-state index contributed by atoms with van der Waals surface area (Å²) in [5.41, 5.74) is 0.487. The van der Waals surface area contributed by atoms with E-state index >= 15 is 0 Å². The van der Waals surface area contributed by atoms with Crippen LogP contribution in [0.25, 0.3) is 0 Å². The number of furan rings is 1. The van der Waals surface area contributed by atoms with Crippen molar-refractivity contribution >= 4 is 5.91 Å². The number of rotatable bonds is 7. The first-order chi connectivity index (χ1) is 12.7. The van der Waals surface area contributed by atoms with Gasteiger partial charge >= 0.3 is 0 Å². The molecule has 0 bridgehead atoms. The molecule has 0 spiro atoms. The Bertz CT molecular complexity index is 688. The van der Waals surface area contributed by atoms with Gasteiger partial charge in [-0.2, -0.15) is 0 Å². The molecule has 1 saturated heterocycles. The van der Waals surface area contributed by atoms with Gasteiger partial charge in [-0.25, -0.2) is 0 Å². The van der Waals surface area contributed by atoms with Crippen LogP contribution in [0.3, 0.4) is 0 Å². The van der Waals surface area contributed by atoms with E-state index in [4.69, 9.17) is 18.6 Å². The highest BCUT2D eigenvalue weighted by atomic mass is 16.5. The normalized spacial score (nSPS) is 16.1. The zero-order valence-corrected chi connectivity index (χ0v) is 15.1. The number of ether oxygens (including phenoxy) is 3. The summed E-state index contributed by atoms with van der Waals surface area (Å²) in [5.74, 6) is 1.79. The number of benzene rings is 1. The number of methoxy groups -OCH3 is 2. The summed E-state index contributed by atoms with van der Waals surface area (Å²) in [7, 11) is 3.11. The zero-order valence-electron chi connectivity index (χ0n) is 15.1. The van der Waals surface area contributed by atoms with Crippen LogP contribution < -0.4 is 14.8 Å². The van der Waals surface area contributed by atoms with E-state index in [0.29, 0.717) is 36.8 Å². The second kappa shape index (κ2) is 8.73. The van der Waals surface area contributed by atoms with Gasteiger partial charge < -0.3 is 23.9 Å². The third-order valence-electron chi connectivity index (χ3n) is 4.43. The first kappa shape index (κ1) is 18.3. The summed E-state index contributed by atoms with van der Waals surface area (Å²) >= 11 is 0. The molecule has 1 aromatic carbocycles. The Morgan fingerprint density at radius 3 is 2.46 bits per heavy atom. The fourth-order valence-electron chi connectivity index (χ4n) is 3.01. The van der Waals surface area contributed by atoms with Crippen molar-refractivity contribution < 1.29 is 23.4 Å². The van der Waals surface area contributed by atoms with Crippen LogP contribution in [-0.4, -0.2) is 57.9 Å². The fourth-order valence-corrected chi connectivity index (χ4v) is 3.01. The van der Waals surface area contributed by atoms with E-state index in [0.717, 1.165) is 18.8 Å². The molecular formula is C19H24N2O5. The minimum Gasteiger partial charge on any atom is -0.497 e. The number of hydrogen-bond donors (Lipinski definition) is 1. The SMILES string of the molecule is COc1cc(OC)cc(C(=O)NCC(c2ccco2)N2CCOCC2)c1. The Hall–Kier alpha value is -2.51. The van der Waals surface area contributed by atoms with Crippen LogP contribution in [0.4, 0.5) is 0 Å². The predicted octanol–water partition coefficient (Wildman–Crippen LogP) is 2.10. The number of amides is 1. The van der Waals surface area contributed by atoms with Gasteiger partial charge in [0.1, 0.15) is 17.3 Å². The first-order valence-electron chi connectivity index (χ1n) is 8.57. The molecule has 0 radical (unpaired) electrons. The standard InChI is InChI=1S/C19H24N2O5/c1-23-15-10-14(11-16(12-15)24-2)19(22)20-13-17(18-4-3-7-26-18)21-5-8-25-9-6-21/h3-4,7,10-12,17H,5-6,8-9,13H2,1-2H3,(H,20,22). The molecule has 3 rings (SSSR count). The number of morpholine rings is 1. The Morgan fingerprint density at radius 2 is 1.88 bits per heavy atom. The van der Waals surface area contributed by atoms with E-state index in [2.05, 4.69) is 10.2 Å². The molecule has 1 aromatic heterocycles. The topological polar surface area (TPSA) is 73.2 Å². The maximum absolute atomic E-state index is 12.6. The lowest BCUT2D eigenvalue weighted by Crippen LogP contribution is -2.43. The Morgan fingerprint density at radius 1 is 1.19 bits per heavy atom. The largest absolute Gasteiger partial charge is 0.497 e. The predicted molar refractivity (Wildman–Crippen MR) is 95.7 cm³/mol. The summed E-state index contributed by atoms with van der Waals surface area (Å²) in [4.78, 5) is 14.9. The third-order valence-corrected chi connectivity index (χ3v) is 4.43. The zero-order chi connectivity index (χ0) is 18.4. The molecule has 1 atom stereocenters. The smallest absolute Gasteiger partial charge is 0.251 e. The molecule has 1 fully saturated rings. The lowest BCUT2D eigenvalue weighted by Gasteiger charge is -2.33. The van der Waals surface area contributed by atoms with Crippen molar-refractivity contribution in [3.8, 4) is 11.5 Å². The highest BCUT2D eigenvalue weighted by Crippen LogP contribution is 2.24. The van der Waals surface area contributed by atoms with Crippen LogP contribution in [0.2, 0.25) is 0 Å². The highest BCUT2D eigenvalue weighted by molar-refractivity contribution is 5.95. The number of carbonyl (C=O) groups is 1. The van der Waals surface area contributed by atoms with Crippen molar-refractivity contribution in [3.05, 3.63) is 47.9 Å². The van der Waals surface area contributed by atoms with Crippen LogP contribution in [-0.2, 0) is 4.74 Å². The molecular weight excluding hydrogens is 336 g/mol. The van der Waals surface area contributed by atoms with Gasteiger partial charge in [0.25, 0.3) is 5.91 Å². The summed E-state index contributed by atoms with van der Waals surface area (Å²) < 4.78 is 21.5. The van der Waals surface area contributed by atoms with Crippen LogP contribution >= 0.6 is 0 Å². The molecule has 0 saturated carbocycles. The number of nitrogens with zero attached hydrogens (tertiary/aromatic N) is 1. The van der Waals surface area contributed by atoms with Crippen molar-refractivity contribution in [2.45, 2.75) is 6.04 Å². The second-order valence-corrected chi connectivity index (χ2v) is 5.99. The molecule has 1 unspecified atom stereocenters. The fraction of sp³-hybridized carbons (Fsp3) is 0.421. The lowest BCUT2D eigenvalue weighted by atomic mass is 10.1. The van der Waals surface area contributed by atoms with Gasteiger partial charge in [0.05, 0.1) is 39.7 Å². The molecule has 7 nitrogen and oxygen atoms in total. The average Bonchev–Trinajstić information content (AvgIpc) is 3.22. The molecule has 2 aromatic rings. The van der Waals surface area contributed by atoms with Crippen LogP contribution in [0.1, 0.15) is 22.2 Å². The van der Waals surface area contributed by atoms with Crippen LogP contribution in [0.5, 0.6) is 11.5 Å². The van der Waals surface area contributed by atoms with Gasteiger partial charge in [0, 0.05) is 31.3 Å². The van der Waals surface area contributed by atoms with E-state index in [1.807, 2.05) is 12.1 Å². The molecule has 140 valence electrons. The van der Waals surface area contributed by atoms with Crippen molar-refractivity contribution in [1.82, 2.24) is 10.2 Å². The minimum atomic E-state index is -0.188. The quantitative estimate of drug-likeness (QED) is 0.815. The van der Waals surface area contributed by atoms with E-state index in [-0.39, 0.29) is 11.9 Å². The van der Waals surface area contributed by atoms with E-state index in [1.165, 1.54) is 0 Å². The molecule has 1 amide bonds. The molecule has 2 heterocycles. The number of carbonyl (C=O) groups excluding carboxylic acids is 1. The van der Waals surface area contributed by atoms with Crippen LogP contribution in [0.15, 0.2) is 41.0 Å². The summed E-state index contributed by atoms with van der Waals surface area (Å²) in [5, 5.41) is 2.99. The van der Waals surface area contributed by atoms with Crippen molar-refractivity contribution in [2.75, 3.05) is 47.1 Å². The monoisotopic (exact) mass is 360 g/mol. The summed E-state index contributed by atoms with van der Waals surface area (Å²) in [6.07, 6.45) is 1.65. The second-order valence-electron chi connectivity index (χ2n) is 5.99. The molecule has 0 aliphatic carbocycles. The molecule has 1 aliphatic rings. The van der Waals surface area contributed by atoms with Crippen molar-refractivity contribution in [2.24, 2.45) is 0 Å². The molecule has 7 heteroatoms. The van der Waals surface area contributed by atoms with Crippen molar-refractivity contribution in [3.63, 3.8) is 0 Å². The average molecular weight is 360 g/mol. The molecule has 26 heavy (non-hydrogen) atoms. The van der Waals surface area contributed by atoms with E-state index < -0.39 is 0 Å². The highest BCUT2D eigenvalue weighted by Gasteiger charge is 2.25. The van der Waals surface area contributed by atoms with E-state index in [9.17, 15) is 4.79 Å². The molecule has 1 aliphatic heterocycles. The first-order valence-corrected chi connectivity index (χ1v) is 8.57. The number of hydrogen-bond acceptors (Lipinski definition) is 6. The Balaban J connectivity index is 1.71. The Kier molecular flexibility index (Phi) is 6.14. The summed E-state index contributed by atoms with van der Waals surface area (Å²) in [6, 6.07) is 8.86. The Labute approximate surface area is 152 Å². The van der Waals surface area contributed by atoms with Crippen LogP contribution in [0, 0.1) is 0 Å². The number of nitrogens with one attached hydrogen (secondary N) is 1. The van der Waals surface area contributed by atoms with Gasteiger partial charge in [-0.15, -0.1) is 0 Å². The molecule has 1 N–H and O–H groups in total. The maximum atomic E-state index is 12.6. The van der Waals surface area contributed by atoms with E-state index in [1.54, 1.807) is 38.7 Å². The van der Waals surface area contributed by atoms with Gasteiger partial charge in [-0.05, 0) is 24.3 Å². The minimum absolute atomic E-state index is 0.0367. The van der Waals surface area contributed by atoms with Gasteiger partial charge in [0.15, 0.2) is 0 Å². The van der Waals surface area contributed by atoms with Gasteiger partial charge in [-0.3, -0.25) is 9.69 Å². The van der Waals surface area contributed by atoms with Gasteiger partial charge in [-0.1, -0.05) is 0 Å². The van der Waals surface area contributed by atoms with Crippen molar-refractivity contribution in [1.29, 1.82) is 0 Å². The third kappa shape index (κ3) is 4.36. The summed E-state index contributed by atoms with van der Waals surface area (Å²) in [6.45, 7) is 3.39.